The second-order valence-electron chi connectivity index (χ2n) is 9.73. The first kappa shape index (κ1) is 24.5. The van der Waals surface area contributed by atoms with Crippen LogP contribution in [0.25, 0.3) is 17.0 Å². The van der Waals surface area contributed by atoms with Crippen LogP contribution in [0.1, 0.15) is 42.4 Å². The van der Waals surface area contributed by atoms with Gasteiger partial charge in [0, 0.05) is 28.5 Å². The molecule has 3 saturated heterocycles. The molecule has 3 aliphatic heterocycles. The molecule has 0 radical (unpaired) electrons. The number of rotatable bonds is 4. The van der Waals surface area contributed by atoms with E-state index in [1.54, 1.807) is 24.4 Å². The van der Waals surface area contributed by atoms with Crippen molar-refractivity contribution >= 4 is 51.5 Å². The van der Waals surface area contributed by atoms with Crippen LogP contribution in [-0.4, -0.2) is 44.0 Å². The molecule has 3 fully saturated rings. The van der Waals surface area contributed by atoms with Gasteiger partial charge in [0.1, 0.15) is 0 Å². The zero-order valence-electron chi connectivity index (χ0n) is 19.5. The molecule has 1 N–H and O–H groups in total. The van der Waals surface area contributed by atoms with Crippen LogP contribution < -0.4 is 5.32 Å². The number of carbonyl (C=O) groups excluding carboxylic acids is 2. The summed E-state index contributed by atoms with van der Waals surface area (Å²) >= 11 is 6.74. The van der Waals surface area contributed by atoms with Gasteiger partial charge in [0.05, 0.1) is 28.7 Å². The number of piperidine rings is 1. The molecule has 4 heterocycles. The molecule has 3 aliphatic rings. The number of amides is 2. The molecule has 192 valence electrons. The Hall–Kier alpha value is -2.82. The predicted octanol–water partition coefficient (Wildman–Crippen LogP) is 6.08. The molecule has 2 amide bonds. The summed E-state index contributed by atoms with van der Waals surface area (Å²) in [5, 5.41) is 8.31. The molecule has 11 heteroatoms. The van der Waals surface area contributed by atoms with E-state index in [9.17, 15) is 22.8 Å². The highest BCUT2D eigenvalue weighted by Crippen LogP contribution is 2.39. The second-order valence-corrected chi connectivity index (χ2v) is 11.2. The van der Waals surface area contributed by atoms with Gasteiger partial charge >= 0.3 is 6.18 Å². The molecule has 3 aromatic rings. The molecule has 2 aromatic carbocycles. The van der Waals surface area contributed by atoms with Crippen molar-refractivity contribution in [3.8, 4) is 0 Å². The van der Waals surface area contributed by atoms with Gasteiger partial charge in [0.15, 0.2) is 0 Å². The minimum absolute atomic E-state index is 0.0166. The summed E-state index contributed by atoms with van der Waals surface area (Å²) in [5.41, 5.74) is 0.632. The minimum Gasteiger partial charge on any atom is -0.311 e. The molecule has 0 saturated carbocycles. The Bertz CT molecular complexity index is 1440. The third kappa shape index (κ3) is 4.66. The first-order valence-corrected chi connectivity index (χ1v) is 13.2. The standard InChI is InChI=1S/C26H22ClF3N4O2S/c27-17-3-2-15(21(9-17)26(28,29)30)13-33-22-6-1-14(7-16(22)12-31-33)8-23-24(35)34(25(36)37-23)20-10-18-4-5-19(11-20)32-18/h1-3,6-9,12,18-20,32H,4-5,10-11,13H2/b23-8-. The van der Waals surface area contributed by atoms with Crippen LogP contribution in [0.2, 0.25) is 5.02 Å². The first-order valence-electron chi connectivity index (χ1n) is 12.0. The van der Waals surface area contributed by atoms with Crippen molar-refractivity contribution in [3.63, 3.8) is 0 Å². The van der Waals surface area contributed by atoms with Crippen molar-refractivity contribution in [3.05, 3.63) is 69.2 Å². The number of halogens is 4. The molecular weight excluding hydrogens is 525 g/mol. The third-order valence-corrected chi connectivity index (χ3v) is 8.42. The van der Waals surface area contributed by atoms with Gasteiger partial charge in [-0.2, -0.15) is 18.3 Å². The maximum Gasteiger partial charge on any atom is 0.416 e. The molecule has 2 atom stereocenters. The van der Waals surface area contributed by atoms with E-state index in [0.29, 0.717) is 33.5 Å². The summed E-state index contributed by atoms with van der Waals surface area (Å²) in [7, 11) is 0. The number of alkyl halides is 3. The van der Waals surface area contributed by atoms with Crippen molar-refractivity contribution in [1.29, 1.82) is 0 Å². The second kappa shape index (κ2) is 9.18. The Morgan fingerprint density at radius 3 is 2.59 bits per heavy atom. The van der Waals surface area contributed by atoms with Crippen LogP contribution in [0.15, 0.2) is 47.5 Å². The highest BCUT2D eigenvalue weighted by Gasteiger charge is 2.44. The lowest BCUT2D eigenvalue weighted by Crippen LogP contribution is -2.49. The lowest BCUT2D eigenvalue weighted by Gasteiger charge is -2.33. The fourth-order valence-electron chi connectivity index (χ4n) is 5.62. The summed E-state index contributed by atoms with van der Waals surface area (Å²) in [6.07, 6.45) is 2.47. The highest BCUT2D eigenvalue weighted by atomic mass is 35.5. The number of fused-ring (bicyclic) bond motifs is 3. The molecule has 0 spiro atoms. The number of nitrogens with zero attached hydrogens (tertiary/aromatic N) is 3. The van der Waals surface area contributed by atoms with E-state index in [4.69, 9.17) is 11.6 Å². The minimum atomic E-state index is -4.53. The summed E-state index contributed by atoms with van der Waals surface area (Å²) < 4.78 is 42.0. The number of thioether (sulfide) groups is 1. The number of hydrogen-bond acceptors (Lipinski definition) is 5. The SMILES string of the molecule is O=C1S/C(=C\c2ccc3c(cnn3Cc3ccc(Cl)cc3C(F)(F)F)c2)C(=O)N1C1CC2CCC(C1)N2. The van der Waals surface area contributed by atoms with Gasteiger partial charge in [0.25, 0.3) is 11.1 Å². The average molecular weight is 547 g/mol. The number of carbonyl (C=O) groups is 2. The summed E-state index contributed by atoms with van der Waals surface area (Å²) in [5.74, 6) is -0.264. The van der Waals surface area contributed by atoms with Crippen molar-refractivity contribution in [2.75, 3.05) is 0 Å². The smallest absolute Gasteiger partial charge is 0.311 e. The van der Waals surface area contributed by atoms with Gasteiger partial charge in [0.2, 0.25) is 0 Å². The molecule has 0 aliphatic carbocycles. The Morgan fingerprint density at radius 2 is 1.86 bits per heavy atom. The molecular formula is C26H22ClF3N4O2S. The molecule has 6 nitrogen and oxygen atoms in total. The lowest BCUT2D eigenvalue weighted by molar-refractivity contribution is -0.138. The molecule has 2 bridgehead atoms. The number of hydrogen-bond donors (Lipinski definition) is 1. The van der Waals surface area contributed by atoms with Gasteiger partial charge in [-0.05, 0) is 78.9 Å². The number of nitrogens with one attached hydrogen (secondary N) is 1. The van der Waals surface area contributed by atoms with Gasteiger partial charge in [-0.3, -0.25) is 19.2 Å². The van der Waals surface area contributed by atoms with Crippen molar-refractivity contribution in [2.24, 2.45) is 0 Å². The van der Waals surface area contributed by atoms with Crippen molar-refractivity contribution in [1.82, 2.24) is 20.0 Å². The molecule has 6 rings (SSSR count). The highest BCUT2D eigenvalue weighted by molar-refractivity contribution is 8.18. The van der Waals surface area contributed by atoms with Crippen molar-refractivity contribution < 1.29 is 22.8 Å². The van der Waals surface area contributed by atoms with Crippen LogP contribution in [0, 0.1) is 0 Å². The van der Waals surface area contributed by atoms with Crippen LogP contribution in [0.5, 0.6) is 0 Å². The van der Waals surface area contributed by atoms with Crippen LogP contribution in [0.3, 0.4) is 0 Å². The van der Waals surface area contributed by atoms with E-state index in [0.717, 1.165) is 43.5 Å². The first-order chi connectivity index (χ1) is 17.7. The number of aromatic nitrogens is 2. The molecule has 2 unspecified atom stereocenters. The van der Waals surface area contributed by atoms with E-state index in [1.807, 2.05) is 6.07 Å². The Kier molecular flexibility index (Phi) is 6.08. The van der Waals surface area contributed by atoms with E-state index >= 15 is 0 Å². The van der Waals surface area contributed by atoms with Crippen LogP contribution >= 0.6 is 23.4 Å². The Morgan fingerprint density at radius 1 is 1.11 bits per heavy atom. The van der Waals surface area contributed by atoms with Gasteiger partial charge in [-0.15, -0.1) is 0 Å². The van der Waals surface area contributed by atoms with Gasteiger partial charge < -0.3 is 5.32 Å². The Balaban J connectivity index is 1.24. The normalized spacial score (nSPS) is 25.1. The maximum absolute atomic E-state index is 13.5. The van der Waals surface area contributed by atoms with Crippen LogP contribution in [0.4, 0.5) is 18.0 Å². The van der Waals surface area contributed by atoms with E-state index in [1.165, 1.54) is 21.7 Å². The van der Waals surface area contributed by atoms with Gasteiger partial charge in [-0.25, -0.2) is 0 Å². The molecule has 37 heavy (non-hydrogen) atoms. The zero-order chi connectivity index (χ0) is 25.9. The summed E-state index contributed by atoms with van der Waals surface area (Å²) in [6.45, 7) is -0.0774. The quantitative estimate of drug-likeness (QED) is 0.402. The average Bonchev–Trinajstić information content (AvgIpc) is 3.49. The van der Waals surface area contributed by atoms with Crippen molar-refractivity contribution in [2.45, 2.75) is 56.5 Å². The van der Waals surface area contributed by atoms with E-state index in [2.05, 4.69) is 10.4 Å². The molecule has 1 aromatic heterocycles. The van der Waals surface area contributed by atoms with E-state index in [-0.39, 0.29) is 34.3 Å². The third-order valence-electron chi connectivity index (χ3n) is 7.30. The predicted molar refractivity (Wildman–Crippen MR) is 136 cm³/mol. The summed E-state index contributed by atoms with van der Waals surface area (Å²) in [4.78, 5) is 27.7. The monoisotopic (exact) mass is 546 g/mol. The summed E-state index contributed by atoms with van der Waals surface area (Å²) in [6, 6.07) is 9.69. The lowest BCUT2D eigenvalue weighted by atomic mass is 9.98. The largest absolute Gasteiger partial charge is 0.416 e. The van der Waals surface area contributed by atoms with Crippen LogP contribution in [-0.2, 0) is 17.5 Å². The fourth-order valence-corrected chi connectivity index (χ4v) is 6.69. The maximum atomic E-state index is 13.5. The van der Waals surface area contributed by atoms with E-state index < -0.39 is 11.7 Å². The topological polar surface area (TPSA) is 67.2 Å². The van der Waals surface area contributed by atoms with Gasteiger partial charge in [-0.1, -0.05) is 23.7 Å². The fraction of sp³-hybridized carbons (Fsp3) is 0.346. The zero-order valence-corrected chi connectivity index (χ0v) is 21.0. The Labute approximate surface area is 219 Å². The number of benzene rings is 2. The number of imide groups is 1.